The highest BCUT2D eigenvalue weighted by molar-refractivity contribution is 5.42. The summed E-state index contributed by atoms with van der Waals surface area (Å²) in [5.74, 6) is 1.61. The first-order chi connectivity index (χ1) is 7.17. The van der Waals surface area contributed by atoms with E-state index in [2.05, 4.69) is 11.0 Å². The first-order valence-corrected chi connectivity index (χ1v) is 5.11. The summed E-state index contributed by atoms with van der Waals surface area (Å²) < 4.78 is 10.7. The second-order valence-corrected chi connectivity index (χ2v) is 3.66. The van der Waals surface area contributed by atoms with E-state index >= 15 is 0 Å². The van der Waals surface area contributed by atoms with Crippen LogP contribution in [0.15, 0.2) is 18.2 Å². The molecule has 0 aliphatic rings. The van der Waals surface area contributed by atoms with Crippen LogP contribution in [-0.2, 0) is 6.54 Å². The van der Waals surface area contributed by atoms with Crippen LogP contribution >= 0.6 is 0 Å². The first-order valence-electron chi connectivity index (χ1n) is 5.11. The lowest BCUT2D eigenvalue weighted by atomic mass is 10.2. The van der Waals surface area contributed by atoms with Crippen molar-refractivity contribution >= 4 is 0 Å². The normalized spacial score (nSPS) is 10.5. The molecule has 0 radical (unpaired) electrons. The Morgan fingerprint density at radius 2 is 1.93 bits per heavy atom. The number of nitrogens with zero attached hydrogens (tertiary/aromatic N) is 1. The van der Waals surface area contributed by atoms with Crippen LogP contribution in [0.5, 0.6) is 11.5 Å². The van der Waals surface area contributed by atoms with Gasteiger partial charge in [0.1, 0.15) is 0 Å². The molecule has 0 atom stereocenters. The summed E-state index contributed by atoms with van der Waals surface area (Å²) in [4.78, 5) is 2.12. The predicted molar refractivity (Wildman–Crippen MR) is 61.6 cm³/mol. The zero-order chi connectivity index (χ0) is 11.3. The third-order valence-corrected chi connectivity index (χ3v) is 2.03. The first kappa shape index (κ1) is 11.9. The number of methoxy groups -OCH3 is 1. The zero-order valence-electron chi connectivity index (χ0n) is 9.91. The fourth-order valence-electron chi connectivity index (χ4n) is 1.45. The largest absolute Gasteiger partial charge is 0.493 e. The van der Waals surface area contributed by atoms with Crippen molar-refractivity contribution in [1.82, 2.24) is 4.90 Å². The number of hydrogen-bond acceptors (Lipinski definition) is 3. The quantitative estimate of drug-likeness (QED) is 0.741. The van der Waals surface area contributed by atoms with E-state index in [0.717, 1.165) is 18.0 Å². The van der Waals surface area contributed by atoms with Crippen LogP contribution in [0, 0.1) is 0 Å². The van der Waals surface area contributed by atoms with E-state index in [-0.39, 0.29) is 0 Å². The molecule has 1 aromatic rings. The van der Waals surface area contributed by atoms with Gasteiger partial charge >= 0.3 is 0 Å². The van der Waals surface area contributed by atoms with Gasteiger partial charge < -0.3 is 14.4 Å². The van der Waals surface area contributed by atoms with E-state index in [4.69, 9.17) is 9.47 Å². The molecule has 0 saturated heterocycles. The molecule has 1 aromatic carbocycles. The lowest BCUT2D eigenvalue weighted by molar-refractivity contribution is 0.309. The average molecular weight is 209 g/mol. The van der Waals surface area contributed by atoms with E-state index in [1.165, 1.54) is 5.56 Å². The van der Waals surface area contributed by atoms with Gasteiger partial charge in [0.2, 0.25) is 0 Å². The fourth-order valence-corrected chi connectivity index (χ4v) is 1.45. The number of hydrogen-bond donors (Lipinski definition) is 0. The van der Waals surface area contributed by atoms with E-state index in [1.807, 2.05) is 33.2 Å². The van der Waals surface area contributed by atoms with Crippen LogP contribution < -0.4 is 9.47 Å². The van der Waals surface area contributed by atoms with Crippen LogP contribution in [0.1, 0.15) is 12.5 Å². The van der Waals surface area contributed by atoms with Crippen molar-refractivity contribution in [2.24, 2.45) is 0 Å². The minimum atomic E-state index is 0.655. The van der Waals surface area contributed by atoms with Gasteiger partial charge in [0.15, 0.2) is 11.5 Å². The summed E-state index contributed by atoms with van der Waals surface area (Å²) in [5, 5.41) is 0. The molecule has 0 saturated carbocycles. The van der Waals surface area contributed by atoms with Crippen molar-refractivity contribution in [2.75, 3.05) is 27.8 Å². The van der Waals surface area contributed by atoms with Crippen molar-refractivity contribution in [2.45, 2.75) is 13.5 Å². The van der Waals surface area contributed by atoms with Crippen molar-refractivity contribution in [3.05, 3.63) is 23.8 Å². The molecule has 0 unspecified atom stereocenters. The maximum absolute atomic E-state index is 5.51. The number of ether oxygens (including phenoxy) is 2. The van der Waals surface area contributed by atoms with Gasteiger partial charge in [-0.05, 0) is 38.7 Å². The topological polar surface area (TPSA) is 21.7 Å². The maximum Gasteiger partial charge on any atom is 0.161 e. The monoisotopic (exact) mass is 209 g/mol. The molecule has 0 aliphatic heterocycles. The SMILES string of the molecule is CCOc1cc(CN(C)C)ccc1OC. The van der Waals surface area contributed by atoms with Crippen molar-refractivity contribution in [3.63, 3.8) is 0 Å². The number of rotatable bonds is 5. The molecule has 0 spiro atoms. The molecule has 0 fully saturated rings. The van der Waals surface area contributed by atoms with Gasteiger partial charge in [0.25, 0.3) is 0 Å². The van der Waals surface area contributed by atoms with E-state index < -0.39 is 0 Å². The minimum Gasteiger partial charge on any atom is -0.493 e. The summed E-state index contributed by atoms with van der Waals surface area (Å²) >= 11 is 0. The highest BCUT2D eigenvalue weighted by atomic mass is 16.5. The van der Waals surface area contributed by atoms with Crippen molar-refractivity contribution < 1.29 is 9.47 Å². The second-order valence-electron chi connectivity index (χ2n) is 3.66. The smallest absolute Gasteiger partial charge is 0.161 e. The Bertz CT molecular complexity index is 310. The van der Waals surface area contributed by atoms with Crippen LogP contribution in [0.2, 0.25) is 0 Å². The van der Waals surface area contributed by atoms with Gasteiger partial charge in [-0.3, -0.25) is 0 Å². The summed E-state index contributed by atoms with van der Waals surface area (Å²) in [6.45, 7) is 3.53. The van der Waals surface area contributed by atoms with Gasteiger partial charge in [-0.15, -0.1) is 0 Å². The van der Waals surface area contributed by atoms with Crippen LogP contribution in [0.3, 0.4) is 0 Å². The fraction of sp³-hybridized carbons (Fsp3) is 0.500. The minimum absolute atomic E-state index is 0.655. The van der Waals surface area contributed by atoms with Gasteiger partial charge in [0.05, 0.1) is 13.7 Å². The Morgan fingerprint density at radius 1 is 1.20 bits per heavy atom. The molecule has 0 heterocycles. The number of benzene rings is 1. The molecule has 84 valence electrons. The highest BCUT2D eigenvalue weighted by Crippen LogP contribution is 2.28. The Labute approximate surface area is 91.6 Å². The standard InChI is InChI=1S/C12H19NO2/c1-5-15-12-8-10(9-13(2)3)6-7-11(12)14-4/h6-8H,5,9H2,1-4H3. The van der Waals surface area contributed by atoms with Crippen LogP contribution in [0.4, 0.5) is 0 Å². The molecule has 15 heavy (non-hydrogen) atoms. The molecule has 0 N–H and O–H groups in total. The summed E-state index contributed by atoms with van der Waals surface area (Å²) in [7, 11) is 5.75. The molecular formula is C12H19NO2. The van der Waals surface area contributed by atoms with E-state index in [0.29, 0.717) is 6.61 Å². The second kappa shape index (κ2) is 5.61. The lowest BCUT2D eigenvalue weighted by Gasteiger charge is -2.13. The molecule has 0 aliphatic carbocycles. The van der Waals surface area contributed by atoms with E-state index in [9.17, 15) is 0 Å². The van der Waals surface area contributed by atoms with Crippen LogP contribution in [0.25, 0.3) is 0 Å². The third-order valence-electron chi connectivity index (χ3n) is 2.03. The summed E-state index contributed by atoms with van der Waals surface area (Å²) in [6.07, 6.45) is 0. The molecule has 3 nitrogen and oxygen atoms in total. The Hall–Kier alpha value is -1.22. The van der Waals surface area contributed by atoms with Gasteiger partial charge in [-0.25, -0.2) is 0 Å². The molecule has 0 amide bonds. The molecule has 3 heteroatoms. The molecular weight excluding hydrogens is 190 g/mol. The summed E-state index contributed by atoms with van der Waals surface area (Å²) in [5.41, 5.74) is 1.23. The molecule has 1 rings (SSSR count). The predicted octanol–water partition coefficient (Wildman–Crippen LogP) is 2.16. The highest BCUT2D eigenvalue weighted by Gasteiger charge is 2.05. The Balaban J connectivity index is 2.88. The third kappa shape index (κ3) is 3.44. The van der Waals surface area contributed by atoms with Crippen LogP contribution in [-0.4, -0.2) is 32.7 Å². The van der Waals surface area contributed by atoms with Gasteiger partial charge in [0, 0.05) is 6.54 Å². The van der Waals surface area contributed by atoms with Gasteiger partial charge in [-0.2, -0.15) is 0 Å². The Morgan fingerprint density at radius 3 is 2.47 bits per heavy atom. The van der Waals surface area contributed by atoms with Crippen molar-refractivity contribution in [1.29, 1.82) is 0 Å². The van der Waals surface area contributed by atoms with Gasteiger partial charge in [-0.1, -0.05) is 6.07 Å². The lowest BCUT2D eigenvalue weighted by Crippen LogP contribution is -2.10. The average Bonchev–Trinajstić information content (AvgIpc) is 2.18. The van der Waals surface area contributed by atoms with E-state index in [1.54, 1.807) is 7.11 Å². The summed E-state index contributed by atoms with van der Waals surface area (Å²) in [6, 6.07) is 6.04. The molecule has 0 bridgehead atoms. The van der Waals surface area contributed by atoms with Crippen molar-refractivity contribution in [3.8, 4) is 11.5 Å². The Kier molecular flexibility index (Phi) is 4.43. The zero-order valence-corrected chi connectivity index (χ0v) is 9.91. The molecule has 0 aromatic heterocycles. The maximum atomic E-state index is 5.51.